The first-order valence-electron chi connectivity index (χ1n) is 5.98. The molecule has 5 heteroatoms. The van der Waals surface area contributed by atoms with E-state index in [1.54, 1.807) is 0 Å². The van der Waals surface area contributed by atoms with Gasteiger partial charge in [-0.15, -0.1) is 11.3 Å². The van der Waals surface area contributed by atoms with Gasteiger partial charge in [0.25, 0.3) is 5.91 Å². The summed E-state index contributed by atoms with van der Waals surface area (Å²) in [6.45, 7) is 4.70. The monoisotopic (exact) mass is 316 g/mol. The Morgan fingerprint density at radius 3 is 3.06 bits per heavy atom. The Bertz CT molecular complexity index is 388. The molecule has 0 aromatic carbocycles. The number of carbonyl (C=O) groups excluding carboxylic acids is 1. The molecule has 1 aliphatic rings. The highest BCUT2D eigenvalue weighted by atomic mass is 79.9. The lowest BCUT2D eigenvalue weighted by atomic mass is 10.2. The summed E-state index contributed by atoms with van der Waals surface area (Å²) in [7, 11) is 0. The maximum Gasteiger partial charge on any atom is 0.265 e. The maximum atomic E-state index is 12.3. The maximum absolute atomic E-state index is 12.3. The Balaban J connectivity index is 2.02. The zero-order chi connectivity index (χ0) is 12.3. The van der Waals surface area contributed by atoms with Crippen LogP contribution in [0.3, 0.4) is 0 Å². The van der Waals surface area contributed by atoms with Crippen molar-refractivity contribution in [2.24, 2.45) is 0 Å². The number of hydrogen-bond acceptors (Lipinski definition) is 3. The fourth-order valence-corrected chi connectivity index (χ4v) is 3.63. The highest BCUT2D eigenvalue weighted by Gasteiger charge is 2.23. The Kier molecular flexibility index (Phi) is 4.59. The number of likely N-dealkylation sites (N-methyl/N-ethyl adjacent to an activating group) is 1. The van der Waals surface area contributed by atoms with Gasteiger partial charge in [0, 0.05) is 23.6 Å². The van der Waals surface area contributed by atoms with Gasteiger partial charge < -0.3 is 10.2 Å². The first-order chi connectivity index (χ1) is 8.22. The number of amides is 1. The van der Waals surface area contributed by atoms with E-state index in [0.29, 0.717) is 6.04 Å². The van der Waals surface area contributed by atoms with Crippen molar-refractivity contribution in [1.29, 1.82) is 0 Å². The molecule has 1 unspecified atom stereocenters. The third-order valence-corrected chi connectivity index (χ3v) is 4.91. The average molecular weight is 317 g/mol. The summed E-state index contributed by atoms with van der Waals surface area (Å²) >= 11 is 4.93. The van der Waals surface area contributed by atoms with E-state index in [4.69, 9.17) is 0 Å². The van der Waals surface area contributed by atoms with Crippen molar-refractivity contribution < 1.29 is 4.79 Å². The van der Waals surface area contributed by atoms with Gasteiger partial charge in [0.05, 0.1) is 0 Å². The van der Waals surface area contributed by atoms with Gasteiger partial charge in [-0.25, -0.2) is 0 Å². The van der Waals surface area contributed by atoms with Crippen LogP contribution >= 0.6 is 27.3 Å². The smallest absolute Gasteiger partial charge is 0.265 e. The molecule has 1 saturated heterocycles. The molecule has 2 rings (SSSR count). The third kappa shape index (κ3) is 3.09. The van der Waals surface area contributed by atoms with Crippen molar-refractivity contribution >= 4 is 33.2 Å². The Morgan fingerprint density at radius 1 is 1.71 bits per heavy atom. The second-order valence-electron chi connectivity index (χ2n) is 4.23. The van der Waals surface area contributed by atoms with Crippen LogP contribution in [-0.4, -0.2) is 36.5 Å². The first kappa shape index (κ1) is 13.1. The molecule has 17 heavy (non-hydrogen) atoms. The van der Waals surface area contributed by atoms with Gasteiger partial charge in [-0.3, -0.25) is 4.79 Å². The Labute approximate surface area is 114 Å². The molecule has 1 aromatic rings. The lowest BCUT2D eigenvalue weighted by molar-refractivity contribution is 0.0755. The second-order valence-corrected chi connectivity index (χ2v) is 6.01. The lowest BCUT2D eigenvalue weighted by Gasteiger charge is -2.24. The molecule has 0 saturated carbocycles. The summed E-state index contributed by atoms with van der Waals surface area (Å²) < 4.78 is 0.908. The highest BCUT2D eigenvalue weighted by Crippen LogP contribution is 2.24. The van der Waals surface area contributed by atoms with Crippen molar-refractivity contribution in [1.82, 2.24) is 10.2 Å². The topological polar surface area (TPSA) is 32.3 Å². The van der Waals surface area contributed by atoms with Gasteiger partial charge in [-0.05, 0) is 53.7 Å². The molecular weight excluding hydrogens is 300 g/mol. The fourth-order valence-electron chi connectivity index (χ4n) is 2.12. The van der Waals surface area contributed by atoms with E-state index in [1.807, 2.05) is 23.3 Å². The molecule has 1 N–H and O–H groups in total. The van der Waals surface area contributed by atoms with E-state index in [2.05, 4.69) is 21.2 Å². The van der Waals surface area contributed by atoms with E-state index >= 15 is 0 Å². The van der Waals surface area contributed by atoms with Crippen LogP contribution in [0.1, 0.15) is 29.4 Å². The molecule has 2 heterocycles. The fraction of sp³-hybridized carbons (Fsp3) is 0.583. The number of rotatable bonds is 4. The molecule has 1 atom stereocenters. The van der Waals surface area contributed by atoms with Gasteiger partial charge in [0.1, 0.15) is 4.88 Å². The van der Waals surface area contributed by atoms with Crippen LogP contribution in [0.5, 0.6) is 0 Å². The molecule has 1 aliphatic heterocycles. The van der Waals surface area contributed by atoms with Crippen LogP contribution in [0.15, 0.2) is 15.9 Å². The Morgan fingerprint density at radius 2 is 2.53 bits per heavy atom. The van der Waals surface area contributed by atoms with Crippen molar-refractivity contribution in [2.75, 3.05) is 19.6 Å². The SMILES string of the molecule is CCN(CC1CCCN1)C(=O)c1sccc1Br. The molecule has 1 fully saturated rings. The molecule has 0 radical (unpaired) electrons. The minimum absolute atomic E-state index is 0.142. The van der Waals surface area contributed by atoms with Crippen LogP contribution in [0.2, 0.25) is 0 Å². The van der Waals surface area contributed by atoms with Crippen molar-refractivity contribution in [3.05, 3.63) is 20.8 Å². The number of thiophene rings is 1. The molecule has 94 valence electrons. The second kappa shape index (κ2) is 5.98. The normalized spacial score (nSPS) is 19.5. The molecule has 1 amide bonds. The average Bonchev–Trinajstić information content (AvgIpc) is 2.96. The lowest BCUT2D eigenvalue weighted by Crippen LogP contribution is -2.40. The predicted molar refractivity (Wildman–Crippen MR) is 74.6 cm³/mol. The van der Waals surface area contributed by atoms with E-state index in [9.17, 15) is 4.79 Å². The van der Waals surface area contributed by atoms with Crippen LogP contribution in [0.4, 0.5) is 0 Å². The highest BCUT2D eigenvalue weighted by molar-refractivity contribution is 9.10. The summed E-state index contributed by atoms with van der Waals surface area (Å²) in [5.74, 6) is 0.142. The van der Waals surface area contributed by atoms with Gasteiger partial charge in [0.2, 0.25) is 0 Å². The predicted octanol–water partition coefficient (Wildman–Crippen LogP) is 2.72. The zero-order valence-electron chi connectivity index (χ0n) is 9.91. The molecular formula is C12H17BrN2OS. The largest absolute Gasteiger partial charge is 0.337 e. The number of halogens is 1. The summed E-state index contributed by atoms with van der Waals surface area (Å²) in [5.41, 5.74) is 0. The number of carbonyl (C=O) groups is 1. The van der Waals surface area contributed by atoms with Gasteiger partial charge in [0.15, 0.2) is 0 Å². The molecule has 0 bridgehead atoms. The van der Waals surface area contributed by atoms with E-state index in [0.717, 1.165) is 29.0 Å². The number of hydrogen-bond donors (Lipinski definition) is 1. The molecule has 0 spiro atoms. The number of nitrogens with zero attached hydrogens (tertiary/aromatic N) is 1. The van der Waals surface area contributed by atoms with Crippen LogP contribution < -0.4 is 5.32 Å². The minimum Gasteiger partial charge on any atom is -0.337 e. The van der Waals surface area contributed by atoms with Crippen LogP contribution in [0, 0.1) is 0 Å². The van der Waals surface area contributed by atoms with E-state index in [1.165, 1.54) is 24.2 Å². The summed E-state index contributed by atoms with van der Waals surface area (Å²) in [6.07, 6.45) is 2.40. The molecule has 0 aliphatic carbocycles. The molecule has 3 nitrogen and oxygen atoms in total. The van der Waals surface area contributed by atoms with Crippen LogP contribution in [-0.2, 0) is 0 Å². The minimum atomic E-state index is 0.142. The van der Waals surface area contributed by atoms with Gasteiger partial charge >= 0.3 is 0 Å². The summed E-state index contributed by atoms with van der Waals surface area (Å²) in [6, 6.07) is 2.40. The third-order valence-electron chi connectivity index (χ3n) is 3.08. The number of nitrogens with one attached hydrogen (secondary N) is 1. The zero-order valence-corrected chi connectivity index (χ0v) is 12.3. The van der Waals surface area contributed by atoms with Crippen molar-refractivity contribution in [3.63, 3.8) is 0 Å². The van der Waals surface area contributed by atoms with Gasteiger partial charge in [-0.1, -0.05) is 0 Å². The van der Waals surface area contributed by atoms with E-state index < -0.39 is 0 Å². The van der Waals surface area contributed by atoms with Crippen molar-refractivity contribution in [3.8, 4) is 0 Å². The standard InChI is InChI=1S/C12H17BrN2OS/c1-2-15(8-9-4-3-6-14-9)12(16)11-10(13)5-7-17-11/h5,7,9,14H,2-4,6,8H2,1H3. The summed E-state index contributed by atoms with van der Waals surface area (Å²) in [4.78, 5) is 15.1. The van der Waals surface area contributed by atoms with Gasteiger partial charge in [-0.2, -0.15) is 0 Å². The Hall–Kier alpha value is -0.390. The molecule has 1 aromatic heterocycles. The van der Waals surface area contributed by atoms with Crippen molar-refractivity contribution in [2.45, 2.75) is 25.8 Å². The first-order valence-corrected chi connectivity index (χ1v) is 7.65. The van der Waals surface area contributed by atoms with E-state index in [-0.39, 0.29) is 5.91 Å². The van der Waals surface area contributed by atoms with Crippen LogP contribution in [0.25, 0.3) is 0 Å². The quantitative estimate of drug-likeness (QED) is 0.926. The summed E-state index contributed by atoms with van der Waals surface area (Å²) in [5, 5.41) is 5.38.